The number of anilines is 1. The third kappa shape index (κ3) is 4.36. The minimum Gasteiger partial charge on any atom is -0.497 e. The summed E-state index contributed by atoms with van der Waals surface area (Å²) in [5.74, 6) is 1.47. The van der Waals surface area contributed by atoms with Gasteiger partial charge in [-0.25, -0.2) is 8.42 Å². The van der Waals surface area contributed by atoms with Gasteiger partial charge in [-0.15, -0.1) is 0 Å². The van der Waals surface area contributed by atoms with Crippen molar-refractivity contribution in [2.24, 2.45) is 0 Å². The molecule has 1 fully saturated rings. The standard InChI is InChI=1S/C20H26N2O4S/c1-16(2)26-20-7-5-4-6-19(20)21-12-14-22(15-13-21)27(23,24)18-10-8-17(25-3)9-11-18/h4-11,16H,12-15H2,1-3H3. The van der Waals surface area contributed by atoms with Crippen LogP contribution in [0.2, 0.25) is 0 Å². The lowest BCUT2D eigenvalue weighted by Crippen LogP contribution is -2.48. The topological polar surface area (TPSA) is 59.1 Å². The first kappa shape index (κ1) is 19.5. The summed E-state index contributed by atoms with van der Waals surface area (Å²) in [6.07, 6.45) is 0.0860. The molecule has 2 aromatic rings. The molecule has 0 aliphatic carbocycles. The number of sulfonamides is 1. The summed E-state index contributed by atoms with van der Waals surface area (Å²) in [4.78, 5) is 2.47. The predicted molar refractivity (Wildman–Crippen MR) is 106 cm³/mol. The molecule has 1 heterocycles. The first-order chi connectivity index (χ1) is 12.9. The molecule has 7 heteroatoms. The van der Waals surface area contributed by atoms with E-state index in [4.69, 9.17) is 9.47 Å². The van der Waals surface area contributed by atoms with Gasteiger partial charge in [-0.05, 0) is 50.2 Å². The summed E-state index contributed by atoms with van der Waals surface area (Å²) >= 11 is 0. The third-order valence-electron chi connectivity index (χ3n) is 4.50. The summed E-state index contributed by atoms with van der Waals surface area (Å²) in [5.41, 5.74) is 1.01. The highest BCUT2D eigenvalue weighted by Gasteiger charge is 2.29. The molecule has 0 amide bonds. The van der Waals surface area contributed by atoms with Gasteiger partial charge in [-0.1, -0.05) is 12.1 Å². The Morgan fingerprint density at radius 1 is 0.926 bits per heavy atom. The van der Waals surface area contributed by atoms with E-state index in [2.05, 4.69) is 4.90 Å². The molecule has 0 bridgehead atoms. The Hall–Kier alpha value is -2.25. The average molecular weight is 391 g/mol. The minimum atomic E-state index is -3.50. The van der Waals surface area contributed by atoms with Crippen LogP contribution in [0.1, 0.15) is 13.8 Å². The molecular formula is C20H26N2O4S. The molecule has 0 spiro atoms. The van der Waals surface area contributed by atoms with E-state index >= 15 is 0 Å². The van der Waals surface area contributed by atoms with Gasteiger partial charge in [0.15, 0.2) is 0 Å². The number of piperazine rings is 1. The second kappa shape index (κ2) is 8.19. The van der Waals surface area contributed by atoms with Crippen molar-refractivity contribution >= 4 is 15.7 Å². The van der Waals surface area contributed by atoms with Crippen molar-refractivity contribution in [3.63, 3.8) is 0 Å². The van der Waals surface area contributed by atoms with Crippen LogP contribution in [0.3, 0.4) is 0 Å². The van der Waals surface area contributed by atoms with Gasteiger partial charge < -0.3 is 14.4 Å². The minimum absolute atomic E-state index is 0.0860. The number of hydrogen-bond acceptors (Lipinski definition) is 5. The number of para-hydroxylation sites is 2. The van der Waals surface area contributed by atoms with Gasteiger partial charge in [0.05, 0.1) is 23.8 Å². The van der Waals surface area contributed by atoms with E-state index in [-0.39, 0.29) is 6.10 Å². The molecular weight excluding hydrogens is 364 g/mol. The van der Waals surface area contributed by atoms with Gasteiger partial charge in [0, 0.05) is 26.2 Å². The molecule has 3 rings (SSSR count). The van der Waals surface area contributed by atoms with Gasteiger partial charge in [0.1, 0.15) is 11.5 Å². The molecule has 0 aromatic heterocycles. The van der Waals surface area contributed by atoms with E-state index in [0.29, 0.717) is 36.8 Å². The molecule has 1 aliphatic heterocycles. The fourth-order valence-corrected chi connectivity index (χ4v) is 4.56. The molecule has 27 heavy (non-hydrogen) atoms. The van der Waals surface area contributed by atoms with Crippen molar-refractivity contribution in [1.29, 1.82) is 0 Å². The Balaban J connectivity index is 1.71. The molecule has 1 saturated heterocycles. The predicted octanol–water partition coefficient (Wildman–Crippen LogP) is 2.99. The first-order valence-electron chi connectivity index (χ1n) is 9.06. The lowest BCUT2D eigenvalue weighted by molar-refractivity contribution is 0.242. The summed E-state index contributed by atoms with van der Waals surface area (Å²) in [7, 11) is -1.94. The van der Waals surface area contributed by atoms with E-state index in [1.807, 2.05) is 38.1 Å². The van der Waals surface area contributed by atoms with Crippen LogP contribution in [0, 0.1) is 0 Å². The van der Waals surface area contributed by atoms with Crippen LogP contribution in [0.4, 0.5) is 5.69 Å². The molecule has 0 atom stereocenters. The van der Waals surface area contributed by atoms with Crippen LogP contribution in [0.15, 0.2) is 53.4 Å². The van der Waals surface area contributed by atoms with Gasteiger partial charge >= 0.3 is 0 Å². The zero-order valence-corrected chi connectivity index (χ0v) is 16.8. The fraction of sp³-hybridized carbons (Fsp3) is 0.400. The maximum Gasteiger partial charge on any atom is 0.243 e. The van der Waals surface area contributed by atoms with Crippen molar-refractivity contribution < 1.29 is 17.9 Å². The molecule has 0 radical (unpaired) electrons. The van der Waals surface area contributed by atoms with Crippen molar-refractivity contribution in [2.45, 2.75) is 24.8 Å². The Kier molecular flexibility index (Phi) is 5.92. The van der Waals surface area contributed by atoms with Crippen LogP contribution < -0.4 is 14.4 Å². The van der Waals surface area contributed by atoms with Crippen molar-refractivity contribution in [2.75, 3.05) is 38.2 Å². The summed E-state index contributed by atoms with van der Waals surface area (Å²) < 4.78 is 38.3. The van der Waals surface area contributed by atoms with Crippen LogP contribution in [-0.2, 0) is 10.0 Å². The number of benzene rings is 2. The zero-order valence-electron chi connectivity index (χ0n) is 16.0. The molecule has 1 aliphatic rings. The van der Waals surface area contributed by atoms with Crippen LogP contribution in [-0.4, -0.2) is 52.1 Å². The molecule has 2 aromatic carbocycles. The normalized spacial score (nSPS) is 15.8. The Bertz CT molecular complexity index is 858. The molecule has 0 unspecified atom stereocenters. The van der Waals surface area contributed by atoms with Crippen LogP contribution in [0.25, 0.3) is 0 Å². The van der Waals surface area contributed by atoms with Gasteiger partial charge in [-0.3, -0.25) is 0 Å². The number of ether oxygens (including phenoxy) is 2. The molecule has 0 N–H and O–H groups in total. The number of rotatable bonds is 6. The van der Waals surface area contributed by atoms with E-state index in [1.165, 1.54) is 4.31 Å². The van der Waals surface area contributed by atoms with Crippen molar-refractivity contribution in [1.82, 2.24) is 4.31 Å². The summed E-state index contributed by atoms with van der Waals surface area (Å²) in [6, 6.07) is 14.4. The van der Waals surface area contributed by atoms with Crippen molar-refractivity contribution in [3.05, 3.63) is 48.5 Å². The van der Waals surface area contributed by atoms with Gasteiger partial charge in [-0.2, -0.15) is 4.31 Å². The summed E-state index contributed by atoms with van der Waals surface area (Å²) in [5, 5.41) is 0. The number of methoxy groups -OCH3 is 1. The largest absolute Gasteiger partial charge is 0.497 e. The van der Waals surface area contributed by atoms with E-state index in [0.717, 1.165) is 11.4 Å². The fourth-order valence-electron chi connectivity index (χ4n) is 3.14. The molecule has 0 saturated carbocycles. The maximum absolute atomic E-state index is 12.9. The van der Waals surface area contributed by atoms with E-state index in [9.17, 15) is 8.42 Å². The van der Waals surface area contributed by atoms with Crippen LogP contribution >= 0.6 is 0 Å². The van der Waals surface area contributed by atoms with E-state index in [1.54, 1.807) is 31.4 Å². The Labute approximate surface area is 161 Å². The SMILES string of the molecule is COc1ccc(S(=O)(=O)N2CCN(c3ccccc3OC(C)C)CC2)cc1. The number of nitrogens with zero attached hydrogens (tertiary/aromatic N) is 2. The smallest absolute Gasteiger partial charge is 0.243 e. The summed E-state index contributed by atoms with van der Waals surface area (Å²) in [6.45, 7) is 6.10. The van der Waals surface area contributed by atoms with Crippen molar-refractivity contribution in [3.8, 4) is 11.5 Å². The average Bonchev–Trinajstić information content (AvgIpc) is 2.68. The molecule has 146 valence electrons. The first-order valence-corrected chi connectivity index (χ1v) is 10.5. The third-order valence-corrected chi connectivity index (χ3v) is 6.42. The molecule has 6 nitrogen and oxygen atoms in total. The van der Waals surface area contributed by atoms with Gasteiger partial charge in [0.2, 0.25) is 10.0 Å². The Morgan fingerprint density at radius 3 is 2.15 bits per heavy atom. The highest BCUT2D eigenvalue weighted by atomic mass is 32.2. The second-order valence-corrected chi connectivity index (χ2v) is 8.64. The highest BCUT2D eigenvalue weighted by Crippen LogP contribution is 2.30. The quantitative estimate of drug-likeness (QED) is 0.759. The monoisotopic (exact) mass is 390 g/mol. The van der Waals surface area contributed by atoms with Crippen LogP contribution in [0.5, 0.6) is 11.5 Å². The van der Waals surface area contributed by atoms with E-state index < -0.39 is 10.0 Å². The highest BCUT2D eigenvalue weighted by molar-refractivity contribution is 7.89. The number of hydrogen-bond donors (Lipinski definition) is 0. The zero-order chi connectivity index (χ0) is 19.4. The lowest BCUT2D eigenvalue weighted by atomic mass is 10.2. The second-order valence-electron chi connectivity index (χ2n) is 6.70. The lowest BCUT2D eigenvalue weighted by Gasteiger charge is -2.36. The maximum atomic E-state index is 12.9. The Morgan fingerprint density at radius 2 is 1.56 bits per heavy atom. The van der Waals surface area contributed by atoms with Gasteiger partial charge in [0.25, 0.3) is 0 Å².